The summed E-state index contributed by atoms with van der Waals surface area (Å²) >= 11 is 0. The molecule has 2 aliphatic heterocycles. The van der Waals surface area contributed by atoms with Gasteiger partial charge >= 0.3 is 0 Å². The normalized spacial score (nSPS) is 21.8. The first-order valence-corrected chi connectivity index (χ1v) is 13.7. The minimum Gasteiger partial charge on any atom is -0.392 e. The van der Waals surface area contributed by atoms with Gasteiger partial charge in [-0.25, -0.2) is 5.48 Å². The maximum atomic E-state index is 12.3. The quantitative estimate of drug-likeness (QED) is 0.183. The van der Waals surface area contributed by atoms with Gasteiger partial charge in [-0.05, 0) is 36.1 Å². The number of hydrogen-bond donors (Lipinski definition) is 4. The molecule has 0 unspecified atom stereocenters. The van der Waals surface area contributed by atoms with Crippen molar-refractivity contribution in [2.75, 3.05) is 38.2 Å². The number of unbranched alkanes of at least 4 members (excludes halogenated alkanes) is 2. The molecule has 10 nitrogen and oxygen atoms in total. The molecule has 0 aliphatic carbocycles. The molecule has 2 aromatic carbocycles. The third kappa shape index (κ3) is 9.10. The molecule has 0 radical (unpaired) electrons. The number of amides is 2. The van der Waals surface area contributed by atoms with Gasteiger partial charge in [0.15, 0.2) is 6.29 Å². The number of carbonyl (C=O) groups is 2. The van der Waals surface area contributed by atoms with Crippen LogP contribution < -0.4 is 10.8 Å². The lowest BCUT2D eigenvalue weighted by Crippen LogP contribution is -2.44. The van der Waals surface area contributed by atoms with E-state index in [1.807, 2.05) is 48.5 Å². The summed E-state index contributed by atoms with van der Waals surface area (Å²) in [4.78, 5) is 25.7. The van der Waals surface area contributed by atoms with Crippen molar-refractivity contribution >= 4 is 17.5 Å². The van der Waals surface area contributed by atoms with Crippen molar-refractivity contribution in [3.05, 3.63) is 65.2 Å². The second-order valence-corrected chi connectivity index (χ2v) is 10.0. The summed E-state index contributed by atoms with van der Waals surface area (Å²) in [7, 11) is 0. The van der Waals surface area contributed by atoms with Gasteiger partial charge in [0, 0.05) is 50.1 Å². The minimum atomic E-state index is -0.548. The molecule has 2 fully saturated rings. The first kappa shape index (κ1) is 29.1. The monoisotopic (exact) mass is 541 g/mol. The zero-order chi connectivity index (χ0) is 27.5. The van der Waals surface area contributed by atoms with E-state index in [4.69, 9.17) is 19.4 Å². The summed E-state index contributed by atoms with van der Waals surface area (Å²) < 4.78 is 18.3. The molecular weight excluding hydrogens is 502 g/mol. The minimum absolute atomic E-state index is 0.00341. The van der Waals surface area contributed by atoms with Crippen LogP contribution >= 0.6 is 0 Å². The SMILES string of the molecule is O=C(CCCCCC(=O)Nc1ccc([C@@H]2O[C@H](CN3CCOCC3)C[C@H](c3ccc(CO)cc3)O2)cc1)NO. The molecule has 3 atom stereocenters. The number of nitrogens with one attached hydrogen (secondary N) is 2. The summed E-state index contributed by atoms with van der Waals surface area (Å²) in [6.07, 6.45) is 2.62. The Hall–Kier alpha value is -2.86. The van der Waals surface area contributed by atoms with Crippen molar-refractivity contribution in [3.8, 4) is 0 Å². The summed E-state index contributed by atoms with van der Waals surface area (Å²) in [6.45, 7) is 4.03. The Morgan fingerprint density at radius 1 is 0.872 bits per heavy atom. The van der Waals surface area contributed by atoms with E-state index >= 15 is 0 Å². The molecular formula is C29H39N3O7. The van der Waals surface area contributed by atoms with Crippen LogP contribution in [0.1, 0.15) is 67.6 Å². The molecule has 0 spiro atoms. The zero-order valence-electron chi connectivity index (χ0n) is 22.2. The maximum absolute atomic E-state index is 12.3. The fourth-order valence-corrected chi connectivity index (χ4v) is 4.86. The number of rotatable bonds is 12. The van der Waals surface area contributed by atoms with Crippen LogP contribution in [-0.4, -0.2) is 66.0 Å². The topological polar surface area (TPSA) is 130 Å². The molecule has 212 valence electrons. The Morgan fingerprint density at radius 3 is 2.21 bits per heavy atom. The number of hydroxylamine groups is 1. The smallest absolute Gasteiger partial charge is 0.243 e. The average Bonchev–Trinajstić information content (AvgIpc) is 2.97. The number of morpholine rings is 1. The van der Waals surface area contributed by atoms with E-state index in [1.54, 1.807) is 5.48 Å². The molecule has 0 saturated carbocycles. The molecule has 2 aromatic rings. The Bertz CT molecular complexity index is 1040. The Morgan fingerprint density at radius 2 is 1.54 bits per heavy atom. The number of ether oxygens (including phenoxy) is 3. The lowest BCUT2D eigenvalue weighted by Gasteiger charge is -2.39. The molecule has 10 heteroatoms. The highest BCUT2D eigenvalue weighted by Crippen LogP contribution is 2.38. The number of carbonyl (C=O) groups excluding carboxylic acids is 2. The summed E-state index contributed by atoms with van der Waals surface area (Å²) in [6, 6.07) is 15.4. The summed E-state index contributed by atoms with van der Waals surface area (Å²) in [5, 5.41) is 20.8. The van der Waals surface area contributed by atoms with Crippen LogP contribution in [-0.2, 0) is 30.4 Å². The zero-order valence-corrected chi connectivity index (χ0v) is 22.2. The van der Waals surface area contributed by atoms with Gasteiger partial charge in [-0.2, -0.15) is 0 Å². The highest BCUT2D eigenvalue weighted by Gasteiger charge is 2.33. The van der Waals surface area contributed by atoms with Gasteiger partial charge in [0.05, 0.1) is 32.0 Å². The molecule has 2 heterocycles. The van der Waals surface area contributed by atoms with Gasteiger partial charge in [0.25, 0.3) is 0 Å². The van der Waals surface area contributed by atoms with Gasteiger partial charge in [-0.1, -0.05) is 42.8 Å². The van der Waals surface area contributed by atoms with E-state index in [0.717, 1.165) is 62.4 Å². The predicted molar refractivity (Wildman–Crippen MR) is 144 cm³/mol. The molecule has 4 rings (SSSR count). The van der Waals surface area contributed by atoms with Gasteiger partial charge in [0.1, 0.15) is 0 Å². The predicted octanol–water partition coefficient (Wildman–Crippen LogP) is 3.45. The Kier molecular flexibility index (Phi) is 11.3. The number of nitrogens with zero attached hydrogens (tertiary/aromatic N) is 1. The van der Waals surface area contributed by atoms with E-state index in [0.29, 0.717) is 24.9 Å². The lowest BCUT2D eigenvalue weighted by molar-refractivity contribution is -0.253. The standard InChI is InChI=1S/C29H39N3O7/c33-20-21-6-8-22(9-7-21)26-18-25(19-32-14-16-37-17-15-32)38-29(39-26)23-10-12-24(13-11-23)30-27(34)4-2-1-3-5-28(35)31-36/h6-13,25-26,29,33,36H,1-5,14-20H2,(H,30,34)(H,31,35)/t25-,26+,29+/m0/s1. The van der Waals surface area contributed by atoms with E-state index in [2.05, 4.69) is 10.2 Å². The molecule has 2 aliphatic rings. The van der Waals surface area contributed by atoms with Gasteiger partial charge in [-0.15, -0.1) is 0 Å². The molecule has 0 bridgehead atoms. The van der Waals surface area contributed by atoms with Gasteiger partial charge < -0.3 is 24.6 Å². The molecule has 2 saturated heterocycles. The molecule has 2 amide bonds. The molecule has 39 heavy (non-hydrogen) atoms. The Labute approximate surface area is 229 Å². The maximum Gasteiger partial charge on any atom is 0.243 e. The van der Waals surface area contributed by atoms with Crippen LogP contribution in [0.3, 0.4) is 0 Å². The average molecular weight is 542 g/mol. The first-order valence-electron chi connectivity index (χ1n) is 13.7. The Balaban J connectivity index is 1.35. The van der Waals surface area contributed by atoms with Crippen molar-refractivity contribution < 1.29 is 34.1 Å². The van der Waals surface area contributed by atoms with E-state index in [-0.39, 0.29) is 31.1 Å². The number of hydrogen-bond acceptors (Lipinski definition) is 8. The van der Waals surface area contributed by atoms with Crippen molar-refractivity contribution in [2.45, 2.75) is 63.6 Å². The van der Waals surface area contributed by atoms with Crippen LogP contribution in [0.2, 0.25) is 0 Å². The fraction of sp³-hybridized carbons (Fsp3) is 0.517. The van der Waals surface area contributed by atoms with Crippen molar-refractivity contribution in [1.29, 1.82) is 0 Å². The molecule has 4 N–H and O–H groups in total. The van der Waals surface area contributed by atoms with Crippen molar-refractivity contribution in [1.82, 2.24) is 10.4 Å². The van der Waals surface area contributed by atoms with E-state index in [9.17, 15) is 14.7 Å². The second-order valence-electron chi connectivity index (χ2n) is 10.0. The lowest BCUT2D eigenvalue weighted by atomic mass is 9.99. The highest BCUT2D eigenvalue weighted by molar-refractivity contribution is 5.90. The van der Waals surface area contributed by atoms with Gasteiger partial charge in [0.2, 0.25) is 11.8 Å². The fourth-order valence-electron chi connectivity index (χ4n) is 4.86. The van der Waals surface area contributed by atoms with E-state index < -0.39 is 12.2 Å². The van der Waals surface area contributed by atoms with E-state index in [1.165, 1.54) is 0 Å². The summed E-state index contributed by atoms with van der Waals surface area (Å²) in [5.41, 5.74) is 5.09. The third-order valence-corrected chi connectivity index (χ3v) is 7.08. The largest absolute Gasteiger partial charge is 0.392 e. The molecule has 0 aromatic heterocycles. The number of aliphatic hydroxyl groups is 1. The first-order chi connectivity index (χ1) is 19.0. The van der Waals surface area contributed by atoms with Crippen LogP contribution in [0.15, 0.2) is 48.5 Å². The van der Waals surface area contributed by atoms with Crippen molar-refractivity contribution in [3.63, 3.8) is 0 Å². The van der Waals surface area contributed by atoms with Crippen molar-refractivity contribution in [2.24, 2.45) is 0 Å². The summed E-state index contributed by atoms with van der Waals surface area (Å²) in [5.74, 6) is -0.500. The highest BCUT2D eigenvalue weighted by atomic mass is 16.7. The van der Waals surface area contributed by atoms with Crippen LogP contribution in [0, 0.1) is 0 Å². The van der Waals surface area contributed by atoms with Crippen LogP contribution in [0.25, 0.3) is 0 Å². The number of aliphatic hydroxyl groups excluding tert-OH is 1. The number of benzene rings is 2. The van der Waals surface area contributed by atoms with Crippen LogP contribution in [0.5, 0.6) is 0 Å². The second kappa shape index (κ2) is 15.1. The van der Waals surface area contributed by atoms with Crippen LogP contribution in [0.4, 0.5) is 5.69 Å². The third-order valence-electron chi connectivity index (χ3n) is 7.08. The van der Waals surface area contributed by atoms with Gasteiger partial charge in [-0.3, -0.25) is 19.7 Å². The number of anilines is 1.